The minimum atomic E-state index is -0.107. The molecular formula is C9H9NO2. The van der Waals surface area contributed by atoms with Crippen LogP contribution in [0.4, 0.5) is 0 Å². The number of allylic oxidation sites excluding steroid dienone is 1. The van der Waals surface area contributed by atoms with Crippen molar-refractivity contribution in [1.82, 2.24) is 4.98 Å². The summed E-state index contributed by atoms with van der Waals surface area (Å²) in [6.45, 7) is 0. The summed E-state index contributed by atoms with van der Waals surface area (Å²) < 4.78 is 4.61. The Morgan fingerprint density at radius 3 is 3.08 bits per heavy atom. The Bertz CT molecular complexity index is 280. The van der Waals surface area contributed by atoms with Gasteiger partial charge in [-0.05, 0) is 12.1 Å². The van der Waals surface area contributed by atoms with E-state index in [2.05, 4.69) is 9.72 Å². The molecule has 12 heavy (non-hydrogen) atoms. The van der Waals surface area contributed by atoms with Gasteiger partial charge in [0.25, 0.3) is 0 Å². The number of rotatable bonds is 3. The van der Waals surface area contributed by atoms with Crippen LogP contribution in [0.25, 0.3) is 0 Å². The van der Waals surface area contributed by atoms with Gasteiger partial charge in [-0.2, -0.15) is 0 Å². The van der Waals surface area contributed by atoms with E-state index in [9.17, 15) is 4.79 Å². The molecule has 0 aliphatic heterocycles. The normalized spacial score (nSPS) is 10.1. The van der Waals surface area contributed by atoms with Gasteiger partial charge >= 0.3 is 0 Å². The van der Waals surface area contributed by atoms with Crippen molar-refractivity contribution >= 4 is 5.78 Å². The molecule has 0 atom stereocenters. The number of carbonyl (C=O) groups excluding carboxylic acids is 1. The highest BCUT2D eigenvalue weighted by molar-refractivity contribution is 6.04. The lowest BCUT2D eigenvalue weighted by molar-refractivity contribution is 0.104. The molecule has 0 fully saturated rings. The van der Waals surface area contributed by atoms with Crippen LogP contribution in [0.2, 0.25) is 0 Å². The zero-order valence-electron chi connectivity index (χ0n) is 6.73. The van der Waals surface area contributed by atoms with Crippen molar-refractivity contribution < 1.29 is 9.53 Å². The molecule has 0 radical (unpaired) electrons. The number of ketones is 1. The summed E-state index contributed by atoms with van der Waals surface area (Å²) >= 11 is 0. The molecule has 0 aliphatic rings. The number of ether oxygens (including phenoxy) is 1. The third kappa shape index (κ3) is 2.20. The molecule has 0 saturated heterocycles. The number of pyridine rings is 1. The van der Waals surface area contributed by atoms with Gasteiger partial charge < -0.3 is 4.74 Å². The van der Waals surface area contributed by atoms with Gasteiger partial charge in [0.05, 0.1) is 13.4 Å². The molecule has 0 aromatic carbocycles. The monoisotopic (exact) mass is 163 g/mol. The lowest BCUT2D eigenvalue weighted by Crippen LogP contribution is -1.94. The molecule has 0 amide bonds. The van der Waals surface area contributed by atoms with Crippen molar-refractivity contribution in [3.63, 3.8) is 0 Å². The molecule has 0 saturated carbocycles. The SMILES string of the molecule is CO/C=C/C(=O)c1cccnc1. The van der Waals surface area contributed by atoms with E-state index in [1.807, 2.05) is 0 Å². The van der Waals surface area contributed by atoms with E-state index in [4.69, 9.17) is 0 Å². The molecule has 0 bridgehead atoms. The second-order valence-electron chi connectivity index (χ2n) is 2.14. The van der Waals surface area contributed by atoms with E-state index < -0.39 is 0 Å². The van der Waals surface area contributed by atoms with Crippen molar-refractivity contribution in [2.75, 3.05) is 7.11 Å². The topological polar surface area (TPSA) is 39.2 Å². The quantitative estimate of drug-likeness (QED) is 0.384. The van der Waals surface area contributed by atoms with Crippen LogP contribution in [-0.2, 0) is 4.74 Å². The van der Waals surface area contributed by atoms with Gasteiger partial charge in [-0.1, -0.05) is 0 Å². The number of carbonyl (C=O) groups is 1. The van der Waals surface area contributed by atoms with Crippen LogP contribution in [0, 0.1) is 0 Å². The van der Waals surface area contributed by atoms with E-state index in [0.717, 1.165) is 0 Å². The Kier molecular flexibility index (Phi) is 3.02. The van der Waals surface area contributed by atoms with Crippen molar-refractivity contribution in [2.45, 2.75) is 0 Å². The number of aromatic nitrogens is 1. The summed E-state index contributed by atoms with van der Waals surface area (Å²) in [5.74, 6) is -0.107. The van der Waals surface area contributed by atoms with Crippen LogP contribution in [0.1, 0.15) is 10.4 Å². The first-order chi connectivity index (χ1) is 5.84. The fourth-order valence-corrected chi connectivity index (χ4v) is 0.735. The highest BCUT2D eigenvalue weighted by atomic mass is 16.5. The summed E-state index contributed by atoms with van der Waals surface area (Å²) in [5, 5.41) is 0. The van der Waals surface area contributed by atoms with Gasteiger partial charge in [-0.15, -0.1) is 0 Å². The summed E-state index contributed by atoms with van der Waals surface area (Å²) in [7, 11) is 1.49. The van der Waals surface area contributed by atoms with E-state index >= 15 is 0 Å². The number of hydrogen-bond acceptors (Lipinski definition) is 3. The average molecular weight is 163 g/mol. The molecule has 1 aromatic rings. The van der Waals surface area contributed by atoms with Crippen LogP contribution in [0.5, 0.6) is 0 Å². The summed E-state index contributed by atoms with van der Waals surface area (Å²) in [6, 6.07) is 3.42. The van der Waals surface area contributed by atoms with Gasteiger partial charge in [0.2, 0.25) is 0 Å². The van der Waals surface area contributed by atoms with Crippen LogP contribution < -0.4 is 0 Å². The van der Waals surface area contributed by atoms with E-state index in [-0.39, 0.29) is 5.78 Å². The molecule has 3 heteroatoms. The van der Waals surface area contributed by atoms with Gasteiger partial charge in [-0.3, -0.25) is 9.78 Å². The highest BCUT2D eigenvalue weighted by Gasteiger charge is 1.98. The van der Waals surface area contributed by atoms with E-state index in [1.54, 1.807) is 18.3 Å². The molecular weight excluding hydrogens is 154 g/mol. The Hall–Kier alpha value is -1.64. The predicted molar refractivity (Wildman–Crippen MR) is 44.7 cm³/mol. The fraction of sp³-hybridized carbons (Fsp3) is 0.111. The molecule has 1 rings (SSSR count). The van der Waals surface area contributed by atoms with Crippen LogP contribution in [0.3, 0.4) is 0 Å². The van der Waals surface area contributed by atoms with Crippen LogP contribution in [-0.4, -0.2) is 17.9 Å². The van der Waals surface area contributed by atoms with Crippen molar-refractivity contribution in [1.29, 1.82) is 0 Å². The fourth-order valence-electron chi connectivity index (χ4n) is 0.735. The van der Waals surface area contributed by atoms with Crippen LogP contribution >= 0.6 is 0 Å². The average Bonchev–Trinajstić information content (AvgIpc) is 2.15. The Balaban J connectivity index is 2.72. The van der Waals surface area contributed by atoms with E-state index in [0.29, 0.717) is 5.56 Å². The first-order valence-electron chi connectivity index (χ1n) is 3.48. The van der Waals surface area contributed by atoms with Crippen molar-refractivity contribution in [3.05, 3.63) is 42.4 Å². The standard InChI is InChI=1S/C9H9NO2/c1-12-6-4-9(11)8-3-2-5-10-7-8/h2-7H,1H3/b6-4+. The zero-order valence-corrected chi connectivity index (χ0v) is 6.73. The van der Waals surface area contributed by atoms with Gasteiger partial charge in [0, 0.05) is 24.0 Å². The molecule has 0 unspecified atom stereocenters. The first-order valence-corrected chi connectivity index (χ1v) is 3.48. The van der Waals surface area contributed by atoms with Gasteiger partial charge in [0.15, 0.2) is 5.78 Å². The number of nitrogens with zero attached hydrogens (tertiary/aromatic N) is 1. The maximum atomic E-state index is 11.2. The third-order valence-electron chi connectivity index (χ3n) is 1.30. The maximum Gasteiger partial charge on any atom is 0.190 e. The summed E-state index contributed by atoms with van der Waals surface area (Å²) in [4.78, 5) is 15.0. The van der Waals surface area contributed by atoms with Crippen LogP contribution in [0.15, 0.2) is 36.9 Å². The minimum absolute atomic E-state index is 0.107. The zero-order chi connectivity index (χ0) is 8.81. The Labute approximate surface area is 70.7 Å². The Morgan fingerprint density at radius 2 is 2.50 bits per heavy atom. The molecule has 3 nitrogen and oxygen atoms in total. The smallest absolute Gasteiger partial charge is 0.190 e. The summed E-state index contributed by atoms with van der Waals surface area (Å²) in [6.07, 6.45) is 5.84. The second kappa shape index (κ2) is 4.28. The largest absolute Gasteiger partial charge is 0.504 e. The number of methoxy groups -OCH3 is 1. The Morgan fingerprint density at radius 1 is 1.67 bits per heavy atom. The first kappa shape index (κ1) is 8.46. The predicted octanol–water partition coefficient (Wildman–Crippen LogP) is 1.42. The number of hydrogen-bond donors (Lipinski definition) is 0. The lowest BCUT2D eigenvalue weighted by atomic mass is 10.2. The summed E-state index contributed by atoms with van der Waals surface area (Å²) in [5.41, 5.74) is 0.561. The molecule has 62 valence electrons. The molecule has 1 heterocycles. The minimum Gasteiger partial charge on any atom is -0.504 e. The van der Waals surface area contributed by atoms with Crippen molar-refractivity contribution in [3.8, 4) is 0 Å². The third-order valence-corrected chi connectivity index (χ3v) is 1.30. The molecule has 0 aliphatic carbocycles. The van der Waals surface area contributed by atoms with Gasteiger partial charge in [-0.25, -0.2) is 0 Å². The maximum absolute atomic E-state index is 11.2. The van der Waals surface area contributed by atoms with E-state index in [1.165, 1.54) is 25.6 Å². The highest BCUT2D eigenvalue weighted by Crippen LogP contribution is 1.97. The molecule has 1 aromatic heterocycles. The van der Waals surface area contributed by atoms with Crippen molar-refractivity contribution in [2.24, 2.45) is 0 Å². The molecule has 0 N–H and O–H groups in total. The second-order valence-corrected chi connectivity index (χ2v) is 2.14. The molecule has 0 spiro atoms. The lowest BCUT2D eigenvalue weighted by Gasteiger charge is -1.92. The van der Waals surface area contributed by atoms with Gasteiger partial charge in [0.1, 0.15) is 0 Å².